The summed E-state index contributed by atoms with van der Waals surface area (Å²) in [5, 5.41) is 13.2. The second-order valence-corrected chi connectivity index (χ2v) is 4.78. The number of hydrogen-bond acceptors (Lipinski definition) is 2. The number of carbonyl (C=O) groups is 1. The van der Waals surface area contributed by atoms with Crippen LogP contribution in [-0.4, -0.2) is 20.9 Å². The molecule has 1 N–H and O–H groups in total. The van der Waals surface area contributed by atoms with Crippen molar-refractivity contribution >= 4 is 5.97 Å². The third-order valence-electron chi connectivity index (χ3n) is 3.23. The molecule has 0 amide bonds. The normalized spacial score (nSPS) is 14.7. The summed E-state index contributed by atoms with van der Waals surface area (Å²) in [6.07, 6.45) is 2.24. The van der Waals surface area contributed by atoms with Crippen molar-refractivity contribution in [3.05, 3.63) is 47.3 Å². The highest BCUT2D eigenvalue weighted by Crippen LogP contribution is 2.41. The lowest BCUT2D eigenvalue weighted by atomic mass is 10.2. The van der Waals surface area contributed by atoms with Gasteiger partial charge in [0.2, 0.25) is 0 Å². The first-order valence-electron chi connectivity index (χ1n) is 6.05. The Morgan fingerprint density at radius 2 is 2.00 bits per heavy atom. The van der Waals surface area contributed by atoms with Gasteiger partial charge in [-0.1, -0.05) is 17.7 Å². The molecule has 0 bridgehead atoms. The van der Waals surface area contributed by atoms with Gasteiger partial charge in [0.15, 0.2) is 5.69 Å². The summed E-state index contributed by atoms with van der Waals surface area (Å²) in [5.41, 5.74) is 3.24. The molecule has 0 aliphatic heterocycles. The Balaban J connectivity index is 2.09. The first-order valence-corrected chi connectivity index (χ1v) is 6.05. The summed E-state index contributed by atoms with van der Waals surface area (Å²) in [6.45, 7) is 2.03. The fraction of sp³-hybridized carbons (Fsp3) is 0.286. The zero-order valence-corrected chi connectivity index (χ0v) is 10.1. The van der Waals surface area contributed by atoms with Gasteiger partial charge in [0.1, 0.15) is 0 Å². The monoisotopic (exact) mass is 242 g/mol. The minimum atomic E-state index is -0.970. The average molecular weight is 242 g/mol. The lowest BCUT2D eigenvalue weighted by Gasteiger charge is -2.06. The number of carboxylic acids is 1. The van der Waals surface area contributed by atoms with Crippen molar-refractivity contribution in [3.63, 3.8) is 0 Å². The average Bonchev–Trinajstić information content (AvgIpc) is 3.09. The van der Waals surface area contributed by atoms with Crippen molar-refractivity contribution in [2.24, 2.45) is 0 Å². The molecule has 1 aliphatic rings. The van der Waals surface area contributed by atoms with Crippen molar-refractivity contribution < 1.29 is 9.90 Å². The standard InChI is InChI=1S/C14H14N2O2/c1-9-2-6-11(7-3-9)16-13(10-4-5-10)8-12(15-16)14(17)18/h2-3,6-8,10H,4-5H2,1H3,(H,17,18). The molecule has 1 aromatic heterocycles. The molecule has 1 aliphatic carbocycles. The van der Waals surface area contributed by atoms with E-state index in [-0.39, 0.29) is 5.69 Å². The van der Waals surface area contributed by atoms with Gasteiger partial charge in [0.25, 0.3) is 0 Å². The summed E-state index contributed by atoms with van der Waals surface area (Å²) in [5.74, 6) is -0.505. The Morgan fingerprint density at radius 3 is 2.56 bits per heavy atom. The summed E-state index contributed by atoms with van der Waals surface area (Å²) in [6, 6.07) is 9.65. The van der Waals surface area contributed by atoms with Crippen LogP contribution in [0.5, 0.6) is 0 Å². The topological polar surface area (TPSA) is 55.1 Å². The quantitative estimate of drug-likeness (QED) is 0.900. The SMILES string of the molecule is Cc1ccc(-n2nc(C(=O)O)cc2C2CC2)cc1. The number of rotatable bonds is 3. The Hall–Kier alpha value is -2.10. The van der Waals surface area contributed by atoms with Crippen LogP contribution < -0.4 is 0 Å². The molecule has 0 radical (unpaired) electrons. The Morgan fingerprint density at radius 1 is 1.33 bits per heavy atom. The van der Waals surface area contributed by atoms with Gasteiger partial charge in [-0.2, -0.15) is 5.10 Å². The number of aryl methyl sites for hydroxylation is 1. The second-order valence-electron chi connectivity index (χ2n) is 4.78. The van der Waals surface area contributed by atoms with Gasteiger partial charge in [0.05, 0.1) is 5.69 Å². The van der Waals surface area contributed by atoms with Crippen LogP contribution in [0.1, 0.15) is 40.5 Å². The molecule has 3 rings (SSSR count). The van der Waals surface area contributed by atoms with Crippen LogP contribution in [0.3, 0.4) is 0 Å². The van der Waals surface area contributed by atoms with Crippen LogP contribution in [0, 0.1) is 6.92 Å². The second kappa shape index (κ2) is 3.98. The predicted molar refractivity (Wildman–Crippen MR) is 67.2 cm³/mol. The van der Waals surface area contributed by atoms with E-state index in [0.717, 1.165) is 24.2 Å². The van der Waals surface area contributed by atoms with Gasteiger partial charge >= 0.3 is 5.97 Å². The molecule has 1 fully saturated rings. The van der Waals surface area contributed by atoms with E-state index in [1.165, 1.54) is 5.56 Å². The molecule has 1 saturated carbocycles. The van der Waals surface area contributed by atoms with E-state index >= 15 is 0 Å². The highest BCUT2D eigenvalue weighted by molar-refractivity contribution is 5.85. The van der Waals surface area contributed by atoms with Crippen LogP contribution >= 0.6 is 0 Å². The van der Waals surface area contributed by atoms with Crippen molar-refractivity contribution in [1.29, 1.82) is 0 Å². The summed E-state index contributed by atoms with van der Waals surface area (Å²) >= 11 is 0. The van der Waals surface area contributed by atoms with E-state index in [9.17, 15) is 4.79 Å². The molecule has 1 aromatic carbocycles. The summed E-state index contributed by atoms with van der Waals surface area (Å²) in [7, 11) is 0. The highest BCUT2D eigenvalue weighted by Gasteiger charge is 2.29. The molecule has 1 heterocycles. The van der Waals surface area contributed by atoms with Crippen LogP contribution in [-0.2, 0) is 0 Å². The Kier molecular flexibility index (Phi) is 2.44. The van der Waals surface area contributed by atoms with Gasteiger partial charge in [-0.25, -0.2) is 9.48 Å². The van der Waals surface area contributed by atoms with E-state index < -0.39 is 5.97 Å². The predicted octanol–water partition coefficient (Wildman–Crippen LogP) is 2.76. The third kappa shape index (κ3) is 1.90. The van der Waals surface area contributed by atoms with Crippen molar-refractivity contribution in [1.82, 2.24) is 9.78 Å². The zero-order chi connectivity index (χ0) is 12.7. The highest BCUT2D eigenvalue weighted by atomic mass is 16.4. The minimum Gasteiger partial charge on any atom is -0.476 e. The zero-order valence-electron chi connectivity index (χ0n) is 10.1. The molecular formula is C14H14N2O2. The summed E-state index contributed by atoms with van der Waals surface area (Å²) in [4.78, 5) is 11.0. The maximum atomic E-state index is 11.0. The number of hydrogen-bond donors (Lipinski definition) is 1. The molecule has 4 nitrogen and oxygen atoms in total. The number of aromatic carboxylic acids is 1. The molecule has 2 aromatic rings. The van der Waals surface area contributed by atoms with Crippen LogP contribution in [0.4, 0.5) is 0 Å². The van der Waals surface area contributed by atoms with Crippen LogP contribution in [0.15, 0.2) is 30.3 Å². The molecule has 4 heteroatoms. The van der Waals surface area contributed by atoms with E-state index in [4.69, 9.17) is 5.11 Å². The van der Waals surface area contributed by atoms with E-state index in [2.05, 4.69) is 5.10 Å². The molecule has 0 spiro atoms. The number of nitrogens with zero attached hydrogens (tertiary/aromatic N) is 2. The fourth-order valence-corrected chi connectivity index (χ4v) is 2.06. The van der Waals surface area contributed by atoms with E-state index in [1.54, 1.807) is 10.7 Å². The van der Waals surface area contributed by atoms with E-state index in [1.807, 2.05) is 31.2 Å². The number of benzene rings is 1. The molecule has 0 saturated heterocycles. The Bertz CT molecular complexity index is 595. The third-order valence-corrected chi connectivity index (χ3v) is 3.23. The molecule has 92 valence electrons. The van der Waals surface area contributed by atoms with Crippen LogP contribution in [0.25, 0.3) is 5.69 Å². The summed E-state index contributed by atoms with van der Waals surface area (Å²) < 4.78 is 1.76. The van der Waals surface area contributed by atoms with Gasteiger partial charge in [0, 0.05) is 11.6 Å². The molecule has 0 unspecified atom stereocenters. The van der Waals surface area contributed by atoms with Gasteiger partial charge in [-0.15, -0.1) is 0 Å². The van der Waals surface area contributed by atoms with Gasteiger partial charge < -0.3 is 5.11 Å². The van der Waals surface area contributed by atoms with Crippen LogP contribution in [0.2, 0.25) is 0 Å². The molecular weight excluding hydrogens is 228 g/mol. The van der Waals surface area contributed by atoms with Crippen molar-refractivity contribution in [2.75, 3.05) is 0 Å². The largest absolute Gasteiger partial charge is 0.476 e. The molecule has 18 heavy (non-hydrogen) atoms. The first kappa shape index (κ1) is 11.0. The van der Waals surface area contributed by atoms with Crippen molar-refractivity contribution in [3.8, 4) is 5.69 Å². The Labute approximate surface area is 105 Å². The first-order chi connectivity index (χ1) is 8.65. The fourth-order valence-electron chi connectivity index (χ4n) is 2.06. The number of carboxylic acid groups (broad SMARTS) is 1. The lowest BCUT2D eigenvalue weighted by molar-refractivity contribution is 0.0690. The van der Waals surface area contributed by atoms with Gasteiger partial charge in [-0.3, -0.25) is 0 Å². The smallest absolute Gasteiger partial charge is 0.356 e. The van der Waals surface area contributed by atoms with Gasteiger partial charge in [-0.05, 0) is 38.0 Å². The lowest BCUT2D eigenvalue weighted by Crippen LogP contribution is -2.03. The maximum absolute atomic E-state index is 11.0. The van der Waals surface area contributed by atoms with E-state index in [0.29, 0.717) is 5.92 Å². The minimum absolute atomic E-state index is 0.123. The maximum Gasteiger partial charge on any atom is 0.356 e. The molecule has 0 atom stereocenters. The number of aromatic nitrogens is 2. The van der Waals surface area contributed by atoms with Crippen molar-refractivity contribution in [2.45, 2.75) is 25.7 Å².